The highest BCUT2D eigenvalue weighted by Crippen LogP contribution is 2.82. The molecule has 1 saturated carbocycles. The van der Waals surface area contributed by atoms with Crippen LogP contribution in [0.5, 0.6) is 0 Å². The van der Waals surface area contributed by atoms with Crippen molar-refractivity contribution in [1.29, 1.82) is 10.5 Å². The largest absolute Gasteiger partial charge is 0.386 e. The molecule has 112 valence electrons. The van der Waals surface area contributed by atoms with Crippen LogP contribution in [0.1, 0.15) is 11.5 Å². The van der Waals surface area contributed by atoms with Gasteiger partial charge in [-0.15, -0.1) is 0 Å². The summed E-state index contributed by atoms with van der Waals surface area (Å²) < 4.78 is 10.8. The number of hydrogen-bond acceptors (Lipinski definition) is 6. The second kappa shape index (κ2) is 4.44. The van der Waals surface area contributed by atoms with Crippen molar-refractivity contribution in [3.05, 3.63) is 34.9 Å². The van der Waals surface area contributed by atoms with Crippen LogP contribution in [0.4, 0.5) is 0 Å². The fraction of sp³-hybridized carbons (Fsp3) is 0.400. The molecule has 2 N–H and O–H groups in total. The molecule has 1 heterocycles. The number of methoxy groups -OCH3 is 2. The predicted molar refractivity (Wildman–Crippen MR) is 78.7 cm³/mol. The van der Waals surface area contributed by atoms with E-state index in [0.29, 0.717) is 10.6 Å². The van der Waals surface area contributed by atoms with Gasteiger partial charge >= 0.3 is 0 Å². The van der Waals surface area contributed by atoms with Crippen LogP contribution in [0.3, 0.4) is 0 Å². The van der Waals surface area contributed by atoms with Gasteiger partial charge in [0.25, 0.3) is 5.91 Å². The van der Waals surface area contributed by atoms with Gasteiger partial charge in [-0.25, -0.2) is 4.99 Å². The van der Waals surface area contributed by atoms with Crippen molar-refractivity contribution in [2.45, 2.75) is 11.8 Å². The first-order valence-electron chi connectivity index (χ1n) is 6.54. The molecular formula is C15H13ClN4O2. The Labute approximate surface area is 132 Å². The number of nitrogens with zero attached hydrogens (tertiary/aromatic N) is 3. The first kappa shape index (κ1) is 14.8. The fourth-order valence-corrected chi connectivity index (χ4v) is 3.94. The molecule has 3 rings (SSSR count). The Morgan fingerprint density at radius 2 is 1.86 bits per heavy atom. The lowest BCUT2D eigenvalue weighted by atomic mass is 9.93. The van der Waals surface area contributed by atoms with Gasteiger partial charge in [0.05, 0.1) is 12.1 Å². The van der Waals surface area contributed by atoms with Gasteiger partial charge in [-0.2, -0.15) is 10.5 Å². The van der Waals surface area contributed by atoms with Crippen molar-refractivity contribution in [2.24, 2.45) is 21.6 Å². The summed E-state index contributed by atoms with van der Waals surface area (Å²) in [6.07, 6.45) is 0. The molecule has 1 aromatic rings. The average molecular weight is 317 g/mol. The molecule has 2 aliphatic rings. The SMILES string of the molecule is COC1(OC)N=C(N)C2(C#N)C(c3ccccc3Cl)C12C#N. The Hall–Kier alpha value is -2.12. The van der Waals surface area contributed by atoms with E-state index >= 15 is 0 Å². The number of hydrogen-bond donors (Lipinski definition) is 1. The number of halogens is 1. The Morgan fingerprint density at radius 3 is 2.36 bits per heavy atom. The lowest BCUT2D eigenvalue weighted by Gasteiger charge is -2.29. The minimum absolute atomic E-state index is 0.0326. The number of nitrogens with two attached hydrogens (primary N) is 1. The summed E-state index contributed by atoms with van der Waals surface area (Å²) in [5, 5.41) is 20.1. The van der Waals surface area contributed by atoms with E-state index < -0.39 is 22.7 Å². The van der Waals surface area contributed by atoms with E-state index in [1.54, 1.807) is 24.3 Å². The zero-order chi connectivity index (χ0) is 16.2. The third kappa shape index (κ3) is 1.25. The van der Waals surface area contributed by atoms with E-state index in [-0.39, 0.29) is 5.84 Å². The lowest BCUT2D eigenvalue weighted by Crippen LogP contribution is -2.41. The lowest BCUT2D eigenvalue weighted by molar-refractivity contribution is -0.230. The quantitative estimate of drug-likeness (QED) is 0.856. The molecule has 1 aromatic carbocycles. The molecule has 7 heteroatoms. The molecule has 3 unspecified atom stereocenters. The molecule has 0 bridgehead atoms. The van der Waals surface area contributed by atoms with Gasteiger partial charge in [-0.3, -0.25) is 0 Å². The van der Waals surface area contributed by atoms with Crippen LogP contribution >= 0.6 is 11.6 Å². The maximum absolute atomic E-state index is 9.87. The Morgan fingerprint density at radius 1 is 1.23 bits per heavy atom. The molecule has 0 saturated heterocycles. The highest BCUT2D eigenvalue weighted by molar-refractivity contribution is 6.31. The second-order valence-electron chi connectivity index (χ2n) is 5.28. The highest BCUT2D eigenvalue weighted by Gasteiger charge is 2.93. The van der Waals surface area contributed by atoms with Crippen LogP contribution in [0.15, 0.2) is 29.3 Å². The number of benzene rings is 1. The number of aliphatic imine (C=N–C) groups is 1. The van der Waals surface area contributed by atoms with Gasteiger partial charge in [-0.1, -0.05) is 29.8 Å². The number of amidine groups is 1. The smallest absolute Gasteiger partial charge is 0.292 e. The van der Waals surface area contributed by atoms with Crippen molar-refractivity contribution >= 4 is 17.4 Å². The summed E-state index contributed by atoms with van der Waals surface area (Å²) in [4.78, 5) is 4.14. The zero-order valence-corrected chi connectivity index (χ0v) is 12.8. The average Bonchev–Trinajstić information content (AvgIpc) is 3.10. The Balaban J connectivity index is 2.29. The number of rotatable bonds is 3. The van der Waals surface area contributed by atoms with Gasteiger partial charge in [0.15, 0.2) is 5.41 Å². The molecule has 6 nitrogen and oxygen atoms in total. The summed E-state index contributed by atoms with van der Waals surface area (Å²) >= 11 is 6.25. The molecule has 3 atom stereocenters. The van der Waals surface area contributed by atoms with Crippen molar-refractivity contribution in [3.63, 3.8) is 0 Å². The molecule has 0 spiro atoms. The maximum Gasteiger partial charge on any atom is 0.292 e. The van der Waals surface area contributed by atoms with E-state index in [9.17, 15) is 10.5 Å². The molecule has 1 aliphatic carbocycles. The van der Waals surface area contributed by atoms with E-state index in [1.807, 2.05) is 0 Å². The van der Waals surface area contributed by atoms with Gasteiger partial charge in [-0.05, 0) is 11.6 Å². The summed E-state index contributed by atoms with van der Waals surface area (Å²) in [6.45, 7) is 0. The maximum atomic E-state index is 9.87. The predicted octanol–water partition coefficient (Wildman–Crippen LogP) is 1.77. The Bertz CT molecular complexity index is 762. The highest BCUT2D eigenvalue weighted by atomic mass is 35.5. The monoisotopic (exact) mass is 316 g/mol. The van der Waals surface area contributed by atoms with Crippen LogP contribution in [0.25, 0.3) is 0 Å². The first-order chi connectivity index (χ1) is 10.5. The summed E-state index contributed by atoms with van der Waals surface area (Å²) in [6, 6.07) is 11.4. The minimum atomic E-state index is -1.62. The van der Waals surface area contributed by atoms with Crippen molar-refractivity contribution in [2.75, 3.05) is 14.2 Å². The van der Waals surface area contributed by atoms with E-state index in [1.165, 1.54) is 14.2 Å². The molecule has 22 heavy (non-hydrogen) atoms. The standard InChI is InChI=1S/C15H13ClN4O2/c1-21-15(22-2)14(8-18)11(9-5-3-4-6-10(9)16)13(14,7-17)12(19)20-15/h3-6,11H,1-2H3,(H2,19,20). The van der Waals surface area contributed by atoms with Crippen LogP contribution in [-0.2, 0) is 9.47 Å². The van der Waals surface area contributed by atoms with Crippen LogP contribution in [0, 0.1) is 33.5 Å². The first-order valence-corrected chi connectivity index (χ1v) is 6.92. The number of nitriles is 2. The van der Waals surface area contributed by atoms with Gasteiger partial charge in [0.1, 0.15) is 11.3 Å². The van der Waals surface area contributed by atoms with Crippen LogP contribution in [0.2, 0.25) is 5.02 Å². The molecule has 1 fully saturated rings. The second-order valence-corrected chi connectivity index (χ2v) is 5.69. The topological polar surface area (TPSA) is 104 Å². The molecular weight excluding hydrogens is 304 g/mol. The van der Waals surface area contributed by atoms with Gasteiger partial charge in [0, 0.05) is 25.2 Å². The third-order valence-corrected chi connectivity index (χ3v) is 5.04. The van der Waals surface area contributed by atoms with E-state index in [2.05, 4.69) is 17.1 Å². The minimum Gasteiger partial charge on any atom is -0.386 e. The third-order valence-electron chi connectivity index (χ3n) is 4.70. The summed E-state index contributed by atoms with van der Waals surface area (Å²) in [5.74, 6) is -2.16. The molecule has 0 aromatic heterocycles. The van der Waals surface area contributed by atoms with E-state index in [4.69, 9.17) is 26.8 Å². The Kier molecular flexibility index (Phi) is 2.99. The molecule has 0 radical (unpaired) electrons. The normalized spacial score (nSPS) is 34.2. The molecule has 1 aliphatic heterocycles. The zero-order valence-electron chi connectivity index (χ0n) is 12.0. The van der Waals surface area contributed by atoms with Crippen LogP contribution in [-0.4, -0.2) is 26.0 Å². The van der Waals surface area contributed by atoms with E-state index in [0.717, 1.165) is 0 Å². The summed E-state index contributed by atoms with van der Waals surface area (Å²) in [5.41, 5.74) is 3.99. The number of ether oxygens (including phenoxy) is 2. The van der Waals surface area contributed by atoms with Crippen molar-refractivity contribution < 1.29 is 9.47 Å². The fourth-order valence-electron chi connectivity index (χ4n) is 3.70. The van der Waals surface area contributed by atoms with Gasteiger partial charge < -0.3 is 15.2 Å². The number of fused-ring (bicyclic) bond motifs is 1. The van der Waals surface area contributed by atoms with Crippen molar-refractivity contribution in [3.8, 4) is 12.1 Å². The molecule has 0 amide bonds. The van der Waals surface area contributed by atoms with Gasteiger partial charge in [0.2, 0.25) is 0 Å². The van der Waals surface area contributed by atoms with Crippen molar-refractivity contribution in [1.82, 2.24) is 0 Å². The van der Waals surface area contributed by atoms with Crippen LogP contribution < -0.4 is 5.73 Å². The summed E-state index contributed by atoms with van der Waals surface area (Å²) in [7, 11) is 2.74.